The van der Waals surface area contributed by atoms with E-state index in [0.717, 1.165) is 0 Å². The summed E-state index contributed by atoms with van der Waals surface area (Å²) in [6.07, 6.45) is 0.501. The zero-order chi connectivity index (χ0) is 14.7. The van der Waals surface area contributed by atoms with Gasteiger partial charge in [0, 0.05) is 11.8 Å². The highest BCUT2D eigenvalue weighted by atomic mass is 19.1. The Morgan fingerprint density at radius 3 is 2.75 bits per heavy atom. The van der Waals surface area contributed by atoms with Crippen LogP contribution in [0.1, 0.15) is 20.3 Å². The Labute approximate surface area is 116 Å². The molecule has 0 aliphatic carbocycles. The maximum atomic E-state index is 13.8. The molecule has 108 valence electrons. The summed E-state index contributed by atoms with van der Waals surface area (Å²) < 4.78 is 18.9. The van der Waals surface area contributed by atoms with Crippen LogP contribution in [0.2, 0.25) is 0 Å². The topological polar surface area (TPSA) is 58.6 Å². The third kappa shape index (κ3) is 2.74. The molecule has 1 fully saturated rings. The number of halogens is 1. The van der Waals surface area contributed by atoms with Crippen molar-refractivity contribution in [3.8, 4) is 5.75 Å². The molecule has 1 aromatic rings. The molecule has 5 nitrogen and oxygen atoms in total. The van der Waals surface area contributed by atoms with Gasteiger partial charge in [0.15, 0.2) is 11.6 Å². The normalized spacial score (nSPS) is 18.9. The highest BCUT2D eigenvalue weighted by Crippen LogP contribution is 2.25. The molecule has 0 spiro atoms. The first kappa shape index (κ1) is 14.3. The predicted molar refractivity (Wildman–Crippen MR) is 72.1 cm³/mol. The van der Waals surface area contributed by atoms with Crippen molar-refractivity contribution >= 4 is 17.5 Å². The molecule has 0 saturated carbocycles. The number of benzene rings is 1. The molecule has 0 aromatic heterocycles. The minimum Gasteiger partial charge on any atom is -0.491 e. The second-order valence-corrected chi connectivity index (χ2v) is 4.50. The second kappa shape index (κ2) is 5.90. The number of hydrogen-bond donors (Lipinski definition) is 1. The fourth-order valence-corrected chi connectivity index (χ4v) is 2.14. The number of hydrogen-bond acceptors (Lipinski definition) is 3. The highest BCUT2D eigenvalue weighted by Gasteiger charge is 2.32. The maximum absolute atomic E-state index is 13.8. The molecule has 1 aliphatic rings. The minimum atomic E-state index is -0.550. The number of nitrogens with one attached hydrogen (secondary N) is 1. The Balaban J connectivity index is 2.28. The lowest BCUT2D eigenvalue weighted by molar-refractivity contribution is -0.131. The van der Waals surface area contributed by atoms with Gasteiger partial charge in [-0.1, -0.05) is 6.92 Å². The standard InChI is InChI=1S/C14H17FN2O3/c1-3-11-14(19)17(8-13(18)16-11)9-5-6-12(20-4-2)10(15)7-9/h5-7,11H,3-4,8H2,1-2H3,(H,16,18). The van der Waals surface area contributed by atoms with Crippen LogP contribution in [0, 0.1) is 5.82 Å². The average Bonchev–Trinajstić information content (AvgIpc) is 2.43. The van der Waals surface area contributed by atoms with Crippen LogP contribution in [0.15, 0.2) is 18.2 Å². The van der Waals surface area contributed by atoms with Crippen LogP contribution in [-0.2, 0) is 9.59 Å². The van der Waals surface area contributed by atoms with Gasteiger partial charge in [-0.25, -0.2) is 4.39 Å². The summed E-state index contributed by atoms with van der Waals surface area (Å²) in [5.74, 6) is -0.880. The van der Waals surface area contributed by atoms with Crippen molar-refractivity contribution in [3.63, 3.8) is 0 Å². The van der Waals surface area contributed by atoms with E-state index < -0.39 is 11.9 Å². The molecule has 2 rings (SSSR count). The monoisotopic (exact) mass is 280 g/mol. The molecule has 1 aromatic carbocycles. The summed E-state index contributed by atoms with van der Waals surface area (Å²) in [4.78, 5) is 25.1. The van der Waals surface area contributed by atoms with E-state index in [9.17, 15) is 14.0 Å². The first-order chi connectivity index (χ1) is 9.56. The summed E-state index contributed by atoms with van der Waals surface area (Å²) >= 11 is 0. The van der Waals surface area contributed by atoms with Gasteiger partial charge >= 0.3 is 0 Å². The summed E-state index contributed by atoms with van der Waals surface area (Å²) in [6, 6.07) is 3.71. The second-order valence-electron chi connectivity index (χ2n) is 4.50. The highest BCUT2D eigenvalue weighted by molar-refractivity contribution is 6.06. The zero-order valence-corrected chi connectivity index (χ0v) is 11.5. The van der Waals surface area contributed by atoms with Crippen LogP contribution in [0.4, 0.5) is 10.1 Å². The third-order valence-corrected chi connectivity index (χ3v) is 3.14. The van der Waals surface area contributed by atoms with Crippen molar-refractivity contribution in [1.82, 2.24) is 5.32 Å². The van der Waals surface area contributed by atoms with E-state index in [-0.39, 0.29) is 24.1 Å². The summed E-state index contributed by atoms with van der Waals surface area (Å²) in [5.41, 5.74) is 0.365. The first-order valence-corrected chi connectivity index (χ1v) is 6.59. The van der Waals surface area contributed by atoms with Crippen molar-refractivity contribution < 1.29 is 18.7 Å². The number of carbonyl (C=O) groups excluding carboxylic acids is 2. The quantitative estimate of drug-likeness (QED) is 0.908. The summed E-state index contributed by atoms with van der Waals surface area (Å²) in [5, 5.41) is 2.61. The maximum Gasteiger partial charge on any atom is 0.250 e. The van der Waals surface area contributed by atoms with Gasteiger partial charge in [-0.2, -0.15) is 0 Å². The lowest BCUT2D eigenvalue weighted by atomic mass is 10.1. The van der Waals surface area contributed by atoms with Crippen LogP contribution in [-0.4, -0.2) is 31.0 Å². The van der Waals surface area contributed by atoms with Crippen molar-refractivity contribution in [2.45, 2.75) is 26.3 Å². The van der Waals surface area contributed by atoms with Crippen LogP contribution in [0.3, 0.4) is 0 Å². The SMILES string of the molecule is CCOc1ccc(N2CC(=O)NC(CC)C2=O)cc1F. The average molecular weight is 280 g/mol. The van der Waals surface area contributed by atoms with Crippen molar-refractivity contribution in [3.05, 3.63) is 24.0 Å². The van der Waals surface area contributed by atoms with Crippen LogP contribution in [0.5, 0.6) is 5.75 Å². The third-order valence-electron chi connectivity index (χ3n) is 3.14. The van der Waals surface area contributed by atoms with Gasteiger partial charge < -0.3 is 15.0 Å². The van der Waals surface area contributed by atoms with E-state index in [0.29, 0.717) is 18.7 Å². The Hall–Kier alpha value is -2.11. The van der Waals surface area contributed by atoms with Gasteiger partial charge in [-0.3, -0.25) is 9.59 Å². The Morgan fingerprint density at radius 2 is 2.15 bits per heavy atom. The Kier molecular flexibility index (Phi) is 4.22. The lowest BCUT2D eigenvalue weighted by Gasteiger charge is -2.32. The molecule has 1 atom stereocenters. The van der Waals surface area contributed by atoms with E-state index in [1.165, 1.54) is 17.0 Å². The van der Waals surface area contributed by atoms with Gasteiger partial charge in [-0.05, 0) is 25.5 Å². The minimum absolute atomic E-state index is 0.0945. The van der Waals surface area contributed by atoms with Crippen molar-refractivity contribution in [2.75, 3.05) is 18.1 Å². The van der Waals surface area contributed by atoms with Crippen LogP contribution < -0.4 is 15.0 Å². The molecule has 1 unspecified atom stereocenters. The van der Waals surface area contributed by atoms with Gasteiger partial charge in [0.25, 0.3) is 0 Å². The molecule has 1 heterocycles. The van der Waals surface area contributed by atoms with Gasteiger partial charge in [0.05, 0.1) is 6.61 Å². The zero-order valence-electron chi connectivity index (χ0n) is 11.5. The van der Waals surface area contributed by atoms with Crippen LogP contribution in [0.25, 0.3) is 0 Å². The number of rotatable bonds is 4. The molecular weight excluding hydrogens is 263 g/mol. The molecule has 2 amide bonds. The van der Waals surface area contributed by atoms with E-state index in [1.54, 1.807) is 13.0 Å². The Morgan fingerprint density at radius 1 is 1.40 bits per heavy atom. The number of piperazine rings is 1. The fourth-order valence-electron chi connectivity index (χ4n) is 2.14. The Bertz CT molecular complexity index is 533. The molecule has 20 heavy (non-hydrogen) atoms. The largest absolute Gasteiger partial charge is 0.491 e. The lowest BCUT2D eigenvalue weighted by Crippen LogP contribution is -2.58. The molecule has 0 bridgehead atoms. The molecule has 0 radical (unpaired) electrons. The molecule has 1 saturated heterocycles. The van der Waals surface area contributed by atoms with E-state index in [1.807, 2.05) is 6.92 Å². The molecule has 1 N–H and O–H groups in total. The van der Waals surface area contributed by atoms with Gasteiger partial charge in [0.2, 0.25) is 11.8 Å². The molecular formula is C14H17FN2O3. The predicted octanol–water partition coefficient (Wildman–Crippen LogP) is 1.47. The summed E-state index contributed by atoms with van der Waals surface area (Å²) in [7, 11) is 0. The van der Waals surface area contributed by atoms with Crippen LogP contribution >= 0.6 is 0 Å². The number of anilines is 1. The number of ether oxygens (including phenoxy) is 1. The van der Waals surface area contributed by atoms with Crippen molar-refractivity contribution in [1.29, 1.82) is 0 Å². The van der Waals surface area contributed by atoms with E-state index in [2.05, 4.69) is 5.32 Å². The number of carbonyl (C=O) groups is 2. The first-order valence-electron chi connectivity index (χ1n) is 6.59. The summed E-state index contributed by atoms with van der Waals surface area (Å²) in [6.45, 7) is 3.84. The van der Waals surface area contributed by atoms with Gasteiger partial charge in [-0.15, -0.1) is 0 Å². The number of amides is 2. The van der Waals surface area contributed by atoms with Gasteiger partial charge in [0.1, 0.15) is 12.6 Å². The number of nitrogens with zero attached hydrogens (tertiary/aromatic N) is 1. The fraction of sp³-hybridized carbons (Fsp3) is 0.429. The van der Waals surface area contributed by atoms with E-state index in [4.69, 9.17) is 4.74 Å². The van der Waals surface area contributed by atoms with Crippen molar-refractivity contribution in [2.24, 2.45) is 0 Å². The van der Waals surface area contributed by atoms with E-state index >= 15 is 0 Å². The molecule has 6 heteroatoms. The molecule has 1 aliphatic heterocycles. The smallest absolute Gasteiger partial charge is 0.250 e.